The summed E-state index contributed by atoms with van der Waals surface area (Å²) in [6.45, 7) is 1.77. The first kappa shape index (κ1) is 10.7. The molecule has 0 radical (unpaired) electrons. The molecule has 2 rings (SSSR count). The van der Waals surface area contributed by atoms with Crippen molar-refractivity contribution in [3.63, 3.8) is 0 Å². The predicted octanol–water partition coefficient (Wildman–Crippen LogP) is 2.76. The summed E-state index contributed by atoms with van der Waals surface area (Å²) in [5, 5.41) is 12.5. The molecule has 0 fully saturated rings. The molecule has 1 N–H and O–H groups in total. The minimum absolute atomic E-state index is 0.0560. The number of halogens is 1. The summed E-state index contributed by atoms with van der Waals surface area (Å²) >= 11 is 7.50. The van der Waals surface area contributed by atoms with Gasteiger partial charge in [0.15, 0.2) is 0 Å². The van der Waals surface area contributed by atoms with Crippen LogP contribution in [-0.2, 0) is 6.61 Å². The highest BCUT2D eigenvalue weighted by Gasteiger charge is 2.15. The zero-order chi connectivity index (χ0) is 11.0. The van der Waals surface area contributed by atoms with Gasteiger partial charge in [0.05, 0.1) is 18.4 Å². The van der Waals surface area contributed by atoms with Crippen LogP contribution in [-0.4, -0.2) is 17.2 Å². The van der Waals surface area contributed by atoms with Crippen LogP contribution in [0.4, 0.5) is 0 Å². The Hall–Kier alpha value is -0.840. The van der Waals surface area contributed by atoms with Crippen molar-refractivity contribution < 1.29 is 9.84 Å². The molecule has 5 heteroatoms. The standard InChI is InChI=1S/C10H10ClNO2S/c1-5-6(3-13)8-7(14-2)4-15-9(8)10(11)12-5/h4,13H,3H2,1-2H3. The summed E-state index contributed by atoms with van der Waals surface area (Å²) in [4.78, 5) is 4.18. The summed E-state index contributed by atoms with van der Waals surface area (Å²) in [6, 6.07) is 0. The molecule has 0 bridgehead atoms. The first-order chi connectivity index (χ1) is 7.19. The molecule has 2 aromatic heterocycles. The van der Waals surface area contributed by atoms with Crippen LogP contribution in [0.2, 0.25) is 5.15 Å². The summed E-state index contributed by atoms with van der Waals surface area (Å²) in [5.41, 5.74) is 1.53. The number of fused-ring (bicyclic) bond motifs is 1. The maximum absolute atomic E-state index is 9.31. The van der Waals surface area contributed by atoms with Gasteiger partial charge >= 0.3 is 0 Å². The zero-order valence-corrected chi connectivity index (χ0v) is 9.95. The molecule has 0 saturated heterocycles. The Kier molecular flexibility index (Phi) is 2.82. The fourth-order valence-corrected chi connectivity index (χ4v) is 2.85. The van der Waals surface area contributed by atoms with E-state index in [1.165, 1.54) is 11.3 Å². The minimum atomic E-state index is -0.0560. The van der Waals surface area contributed by atoms with Gasteiger partial charge in [-0.15, -0.1) is 11.3 Å². The van der Waals surface area contributed by atoms with Crippen LogP contribution in [0.1, 0.15) is 11.3 Å². The first-order valence-corrected chi connectivity index (χ1v) is 5.65. The average molecular weight is 244 g/mol. The number of aliphatic hydroxyl groups excluding tert-OH is 1. The van der Waals surface area contributed by atoms with E-state index in [0.717, 1.165) is 27.1 Å². The molecule has 0 aliphatic rings. The van der Waals surface area contributed by atoms with Gasteiger partial charge < -0.3 is 9.84 Å². The lowest BCUT2D eigenvalue weighted by Crippen LogP contribution is -1.95. The Morgan fingerprint density at radius 3 is 2.93 bits per heavy atom. The number of hydrogen-bond donors (Lipinski definition) is 1. The summed E-state index contributed by atoms with van der Waals surface area (Å²) in [7, 11) is 1.60. The smallest absolute Gasteiger partial charge is 0.147 e. The summed E-state index contributed by atoms with van der Waals surface area (Å²) in [6.07, 6.45) is 0. The van der Waals surface area contributed by atoms with Crippen LogP contribution in [0, 0.1) is 6.92 Å². The van der Waals surface area contributed by atoms with Crippen molar-refractivity contribution in [1.82, 2.24) is 4.98 Å². The van der Waals surface area contributed by atoms with Crippen LogP contribution >= 0.6 is 22.9 Å². The SMILES string of the molecule is COc1csc2c(Cl)nc(C)c(CO)c12. The number of pyridine rings is 1. The minimum Gasteiger partial charge on any atom is -0.495 e. The normalized spacial score (nSPS) is 10.9. The maximum atomic E-state index is 9.31. The molecule has 3 nitrogen and oxygen atoms in total. The van der Waals surface area contributed by atoms with Crippen LogP contribution in [0.15, 0.2) is 5.38 Å². The number of ether oxygens (including phenoxy) is 1. The molecule has 0 atom stereocenters. The van der Waals surface area contributed by atoms with Gasteiger partial charge in [-0.2, -0.15) is 0 Å². The zero-order valence-electron chi connectivity index (χ0n) is 8.37. The Labute approximate surface area is 96.3 Å². The molecule has 0 aromatic carbocycles. The summed E-state index contributed by atoms with van der Waals surface area (Å²) < 4.78 is 6.10. The van der Waals surface area contributed by atoms with Gasteiger partial charge in [0.25, 0.3) is 0 Å². The average Bonchev–Trinajstić information content (AvgIpc) is 2.62. The third-order valence-corrected chi connectivity index (χ3v) is 3.68. The van der Waals surface area contributed by atoms with Crippen molar-refractivity contribution in [2.75, 3.05) is 7.11 Å². The van der Waals surface area contributed by atoms with Gasteiger partial charge in [0.1, 0.15) is 10.9 Å². The van der Waals surface area contributed by atoms with Crippen molar-refractivity contribution in [1.29, 1.82) is 0 Å². The van der Waals surface area contributed by atoms with Gasteiger partial charge in [-0.25, -0.2) is 4.98 Å². The second kappa shape index (κ2) is 3.96. The third kappa shape index (κ3) is 1.58. The Morgan fingerprint density at radius 2 is 2.33 bits per heavy atom. The maximum Gasteiger partial charge on any atom is 0.147 e. The fourth-order valence-electron chi connectivity index (χ4n) is 1.57. The molecular formula is C10H10ClNO2S. The highest BCUT2D eigenvalue weighted by atomic mass is 35.5. The number of aliphatic hydroxyl groups is 1. The van der Waals surface area contributed by atoms with Gasteiger partial charge in [0, 0.05) is 22.0 Å². The molecule has 15 heavy (non-hydrogen) atoms. The third-order valence-electron chi connectivity index (χ3n) is 2.33. The number of methoxy groups -OCH3 is 1. The van der Waals surface area contributed by atoms with E-state index in [1.807, 2.05) is 12.3 Å². The van der Waals surface area contributed by atoms with Crippen LogP contribution in [0.5, 0.6) is 5.75 Å². The topological polar surface area (TPSA) is 42.4 Å². The van der Waals surface area contributed by atoms with Crippen molar-refractivity contribution in [3.05, 3.63) is 21.8 Å². The van der Waals surface area contributed by atoms with E-state index in [9.17, 15) is 5.11 Å². The number of aromatic nitrogens is 1. The van der Waals surface area contributed by atoms with E-state index >= 15 is 0 Å². The second-order valence-electron chi connectivity index (χ2n) is 3.13. The van der Waals surface area contributed by atoms with E-state index in [1.54, 1.807) is 7.11 Å². The number of thiophene rings is 1. The number of rotatable bonds is 2. The van der Waals surface area contributed by atoms with Gasteiger partial charge in [0.2, 0.25) is 0 Å². The molecule has 0 spiro atoms. The molecule has 0 aliphatic carbocycles. The Balaban J connectivity index is 2.89. The fraction of sp³-hybridized carbons (Fsp3) is 0.300. The molecule has 2 aromatic rings. The van der Waals surface area contributed by atoms with Crippen molar-refractivity contribution in [2.24, 2.45) is 0 Å². The summed E-state index contributed by atoms with van der Waals surface area (Å²) in [5.74, 6) is 0.742. The molecular weight excluding hydrogens is 234 g/mol. The van der Waals surface area contributed by atoms with Gasteiger partial charge in [-0.1, -0.05) is 11.6 Å². The highest BCUT2D eigenvalue weighted by Crippen LogP contribution is 2.39. The monoisotopic (exact) mass is 243 g/mol. The molecule has 80 valence electrons. The van der Waals surface area contributed by atoms with Crippen molar-refractivity contribution in [2.45, 2.75) is 13.5 Å². The Bertz CT molecular complexity index is 510. The quantitative estimate of drug-likeness (QED) is 0.825. The number of hydrogen-bond acceptors (Lipinski definition) is 4. The molecule has 0 aliphatic heterocycles. The highest BCUT2D eigenvalue weighted by molar-refractivity contribution is 7.18. The lowest BCUT2D eigenvalue weighted by atomic mass is 10.1. The largest absolute Gasteiger partial charge is 0.495 e. The number of nitrogens with zero attached hydrogens (tertiary/aromatic N) is 1. The van der Waals surface area contributed by atoms with Gasteiger partial charge in [-0.3, -0.25) is 0 Å². The number of aryl methyl sites for hydroxylation is 1. The predicted molar refractivity (Wildman–Crippen MR) is 61.8 cm³/mol. The van der Waals surface area contributed by atoms with Crippen LogP contribution in [0.25, 0.3) is 10.1 Å². The van der Waals surface area contributed by atoms with E-state index in [-0.39, 0.29) is 6.61 Å². The first-order valence-electron chi connectivity index (χ1n) is 4.40. The van der Waals surface area contributed by atoms with E-state index in [2.05, 4.69) is 4.98 Å². The van der Waals surface area contributed by atoms with Crippen molar-refractivity contribution >= 4 is 33.0 Å². The van der Waals surface area contributed by atoms with Gasteiger partial charge in [-0.05, 0) is 6.92 Å². The van der Waals surface area contributed by atoms with Crippen LogP contribution in [0.3, 0.4) is 0 Å². The van der Waals surface area contributed by atoms with E-state index < -0.39 is 0 Å². The van der Waals surface area contributed by atoms with E-state index in [4.69, 9.17) is 16.3 Å². The second-order valence-corrected chi connectivity index (χ2v) is 4.37. The lowest BCUT2D eigenvalue weighted by molar-refractivity contribution is 0.281. The van der Waals surface area contributed by atoms with E-state index in [0.29, 0.717) is 5.15 Å². The van der Waals surface area contributed by atoms with Crippen molar-refractivity contribution in [3.8, 4) is 5.75 Å². The Morgan fingerprint density at radius 1 is 1.60 bits per heavy atom. The molecule has 0 saturated carbocycles. The lowest BCUT2D eigenvalue weighted by Gasteiger charge is -2.06. The van der Waals surface area contributed by atoms with Crippen LogP contribution < -0.4 is 4.74 Å². The molecule has 0 amide bonds. The molecule has 0 unspecified atom stereocenters. The molecule has 2 heterocycles.